The maximum absolute atomic E-state index is 13.3. The number of H-pyrrole nitrogens is 1. The molecule has 4 rings (SSSR count). The summed E-state index contributed by atoms with van der Waals surface area (Å²) in [6.45, 7) is 2.86. The van der Waals surface area contributed by atoms with Gasteiger partial charge in [0.1, 0.15) is 0 Å². The van der Waals surface area contributed by atoms with Gasteiger partial charge in [-0.3, -0.25) is 4.79 Å². The Hall–Kier alpha value is -2.55. The summed E-state index contributed by atoms with van der Waals surface area (Å²) in [4.78, 5) is 18.6. The van der Waals surface area contributed by atoms with Crippen molar-refractivity contribution in [1.29, 1.82) is 0 Å². The van der Waals surface area contributed by atoms with Crippen molar-refractivity contribution in [3.63, 3.8) is 0 Å². The Kier molecular flexibility index (Phi) is 3.85. The molecule has 3 heteroatoms. The third kappa shape index (κ3) is 2.82. The molecule has 1 fully saturated rings. The number of benzene rings is 2. The van der Waals surface area contributed by atoms with E-state index in [0.717, 1.165) is 16.5 Å². The van der Waals surface area contributed by atoms with Crippen LogP contribution in [0.3, 0.4) is 0 Å². The standard InChI is InChI=1S/C21H22N2O/c1-15(17-10-11-17)23(14-16-6-3-2-4-7-16)21(24)19-8-5-9-20-18(19)12-13-22-20/h2-9,12-13,15,17,22H,10-11,14H2,1H3. The summed E-state index contributed by atoms with van der Waals surface area (Å²) in [5.41, 5.74) is 2.98. The largest absolute Gasteiger partial charge is 0.361 e. The number of nitrogens with one attached hydrogen (secondary N) is 1. The average molecular weight is 318 g/mol. The van der Waals surface area contributed by atoms with Crippen LogP contribution in [0.2, 0.25) is 0 Å². The summed E-state index contributed by atoms with van der Waals surface area (Å²) in [6, 6.07) is 18.4. The summed E-state index contributed by atoms with van der Waals surface area (Å²) in [5.74, 6) is 0.770. The quantitative estimate of drug-likeness (QED) is 0.733. The lowest BCUT2D eigenvalue weighted by molar-refractivity contribution is 0.0656. The van der Waals surface area contributed by atoms with Crippen LogP contribution in [0.5, 0.6) is 0 Å². The van der Waals surface area contributed by atoms with Crippen molar-refractivity contribution in [2.75, 3.05) is 0 Å². The lowest BCUT2D eigenvalue weighted by Gasteiger charge is -2.30. The minimum Gasteiger partial charge on any atom is -0.361 e. The molecular weight excluding hydrogens is 296 g/mol. The third-order valence-electron chi connectivity index (χ3n) is 5.08. The van der Waals surface area contributed by atoms with Gasteiger partial charge in [-0.2, -0.15) is 0 Å². The predicted molar refractivity (Wildman–Crippen MR) is 96.8 cm³/mol. The van der Waals surface area contributed by atoms with Crippen molar-refractivity contribution in [2.45, 2.75) is 32.4 Å². The molecule has 122 valence electrons. The average Bonchev–Trinajstić information content (AvgIpc) is 3.36. The molecule has 1 atom stereocenters. The molecular formula is C21H22N2O. The zero-order valence-electron chi connectivity index (χ0n) is 13.9. The van der Waals surface area contributed by atoms with E-state index in [-0.39, 0.29) is 11.9 Å². The molecule has 1 aliphatic carbocycles. The predicted octanol–water partition coefficient (Wildman–Crippen LogP) is 4.61. The molecule has 1 saturated carbocycles. The molecule has 0 aliphatic heterocycles. The first-order chi connectivity index (χ1) is 11.7. The van der Waals surface area contributed by atoms with Gasteiger partial charge in [-0.15, -0.1) is 0 Å². The lowest BCUT2D eigenvalue weighted by atomic mass is 10.1. The SMILES string of the molecule is CC(C1CC1)N(Cc1ccccc1)C(=O)c1cccc2[nH]ccc12. The van der Waals surface area contributed by atoms with E-state index in [4.69, 9.17) is 0 Å². The Morgan fingerprint density at radius 3 is 2.67 bits per heavy atom. The highest BCUT2D eigenvalue weighted by atomic mass is 16.2. The van der Waals surface area contributed by atoms with Crippen molar-refractivity contribution in [1.82, 2.24) is 9.88 Å². The third-order valence-corrected chi connectivity index (χ3v) is 5.08. The number of rotatable bonds is 5. The van der Waals surface area contributed by atoms with Gasteiger partial charge in [0, 0.05) is 35.2 Å². The van der Waals surface area contributed by atoms with Gasteiger partial charge in [0.05, 0.1) is 0 Å². The van der Waals surface area contributed by atoms with E-state index in [1.807, 2.05) is 48.7 Å². The van der Waals surface area contributed by atoms with Crippen LogP contribution in [0.25, 0.3) is 10.9 Å². The Bertz CT molecular complexity index is 848. The highest BCUT2D eigenvalue weighted by Crippen LogP contribution is 2.36. The van der Waals surface area contributed by atoms with Gasteiger partial charge in [-0.25, -0.2) is 0 Å². The molecule has 24 heavy (non-hydrogen) atoms. The van der Waals surface area contributed by atoms with Crippen molar-refractivity contribution in [2.24, 2.45) is 5.92 Å². The van der Waals surface area contributed by atoms with Gasteiger partial charge in [-0.05, 0) is 49.4 Å². The number of carbonyl (C=O) groups excluding carboxylic acids is 1. The van der Waals surface area contributed by atoms with Gasteiger partial charge in [0.15, 0.2) is 0 Å². The van der Waals surface area contributed by atoms with Crippen LogP contribution in [-0.2, 0) is 6.54 Å². The van der Waals surface area contributed by atoms with Crippen LogP contribution in [0.1, 0.15) is 35.7 Å². The first-order valence-corrected chi connectivity index (χ1v) is 8.65. The van der Waals surface area contributed by atoms with Crippen LogP contribution in [0.4, 0.5) is 0 Å². The summed E-state index contributed by atoms with van der Waals surface area (Å²) in [6.07, 6.45) is 4.36. The maximum atomic E-state index is 13.3. The van der Waals surface area contributed by atoms with Crippen molar-refractivity contribution in [3.05, 3.63) is 71.9 Å². The summed E-state index contributed by atoms with van der Waals surface area (Å²) in [5, 5.41) is 1.00. The highest BCUT2D eigenvalue weighted by Gasteiger charge is 2.35. The fourth-order valence-corrected chi connectivity index (χ4v) is 3.44. The molecule has 0 bridgehead atoms. The smallest absolute Gasteiger partial charge is 0.255 e. The second-order valence-corrected chi connectivity index (χ2v) is 6.74. The molecule has 1 heterocycles. The van der Waals surface area contributed by atoms with E-state index in [0.29, 0.717) is 12.5 Å². The Morgan fingerprint density at radius 1 is 1.12 bits per heavy atom. The van der Waals surface area contributed by atoms with E-state index in [1.54, 1.807) is 0 Å². The number of hydrogen-bond acceptors (Lipinski definition) is 1. The molecule has 0 radical (unpaired) electrons. The second-order valence-electron chi connectivity index (χ2n) is 6.74. The number of carbonyl (C=O) groups is 1. The van der Waals surface area contributed by atoms with Crippen LogP contribution in [-0.4, -0.2) is 21.8 Å². The molecule has 0 saturated heterocycles. The Labute approximate surface area is 142 Å². The maximum Gasteiger partial charge on any atom is 0.255 e. The minimum atomic E-state index is 0.128. The second kappa shape index (κ2) is 6.16. The Morgan fingerprint density at radius 2 is 1.92 bits per heavy atom. The number of hydrogen-bond donors (Lipinski definition) is 1. The van der Waals surface area contributed by atoms with E-state index in [9.17, 15) is 4.79 Å². The molecule has 3 nitrogen and oxygen atoms in total. The Balaban J connectivity index is 1.69. The zero-order valence-corrected chi connectivity index (χ0v) is 13.9. The summed E-state index contributed by atoms with van der Waals surface area (Å²) >= 11 is 0. The number of aromatic nitrogens is 1. The lowest BCUT2D eigenvalue weighted by Crippen LogP contribution is -2.39. The van der Waals surface area contributed by atoms with Gasteiger partial charge >= 0.3 is 0 Å². The minimum absolute atomic E-state index is 0.128. The first-order valence-electron chi connectivity index (χ1n) is 8.65. The van der Waals surface area contributed by atoms with E-state index < -0.39 is 0 Å². The molecule has 1 aliphatic rings. The zero-order chi connectivity index (χ0) is 16.5. The molecule has 2 aromatic carbocycles. The monoisotopic (exact) mass is 318 g/mol. The van der Waals surface area contributed by atoms with Gasteiger partial charge < -0.3 is 9.88 Å². The normalized spacial score (nSPS) is 15.4. The summed E-state index contributed by atoms with van der Waals surface area (Å²) < 4.78 is 0. The van der Waals surface area contributed by atoms with E-state index in [1.165, 1.54) is 18.4 Å². The van der Waals surface area contributed by atoms with Gasteiger partial charge in [0.25, 0.3) is 5.91 Å². The van der Waals surface area contributed by atoms with E-state index in [2.05, 4.69) is 28.9 Å². The number of fused-ring (bicyclic) bond motifs is 1. The summed E-state index contributed by atoms with van der Waals surface area (Å²) in [7, 11) is 0. The molecule has 0 spiro atoms. The number of amides is 1. The van der Waals surface area contributed by atoms with Crippen LogP contribution in [0.15, 0.2) is 60.8 Å². The number of nitrogens with zero attached hydrogens (tertiary/aromatic N) is 1. The highest BCUT2D eigenvalue weighted by molar-refractivity contribution is 6.06. The number of aromatic amines is 1. The van der Waals surface area contributed by atoms with Crippen LogP contribution in [0, 0.1) is 5.92 Å². The molecule has 1 unspecified atom stereocenters. The first kappa shape index (κ1) is 15.0. The molecule has 1 amide bonds. The van der Waals surface area contributed by atoms with Gasteiger partial charge in [-0.1, -0.05) is 36.4 Å². The fraction of sp³-hybridized carbons (Fsp3) is 0.286. The molecule has 1 aromatic heterocycles. The van der Waals surface area contributed by atoms with Crippen molar-refractivity contribution >= 4 is 16.8 Å². The van der Waals surface area contributed by atoms with E-state index >= 15 is 0 Å². The fourth-order valence-electron chi connectivity index (χ4n) is 3.44. The molecule has 1 N–H and O–H groups in total. The molecule has 3 aromatic rings. The van der Waals surface area contributed by atoms with Crippen molar-refractivity contribution in [3.8, 4) is 0 Å². The topological polar surface area (TPSA) is 36.1 Å². The van der Waals surface area contributed by atoms with Crippen LogP contribution >= 0.6 is 0 Å². The van der Waals surface area contributed by atoms with Crippen molar-refractivity contribution < 1.29 is 4.79 Å². The van der Waals surface area contributed by atoms with Crippen LogP contribution < -0.4 is 0 Å². The van der Waals surface area contributed by atoms with Gasteiger partial charge in [0.2, 0.25) is 0 Å².